The molecule has 3 heteroatoms. The fraction of sp³-hybridized carbons (Fsp3) is 1.00. The van der Waals surface area contributed by atoms with Crippen molar-refractivity contribution in [2.24, 2.45) is 5.92 Å². The average Bonchev–Trinajstić information content (AvgIpc) is 2.72. The Morgan fingerprint density at radius 1 is 1.62 bits per heavy atom. The molecule has 0 aromatic heterocycles. The number of ether oxygens (including phenoxy) is 1. The summed E-state index contributed by atoms with van der Waals surface area (Å²) < 4.78 is 5.41. The van der Waals surface area contributed by atoms with Crippen LogP contribution in [0.3, 0.4) is 0 Å². The lowest BCUT2D eigenvalue weighted by atomic mass is 10.00. The molecule has 0 amide bonds. The first-order valence-corrected chi connectivity index (χ1v) is 6.34. The fourth-order valence-corrected chi connectivity index (χ4v) is 3.23. The number of hydrogen-bond donors (Lipinski definition) is 1. The quantitative estimate of drug-likeness (QED) is 0.748. The second-order valence-corrected chi connectivity index (χ2v) is 5.62. The lowest BCUT2D eigenvalue weighted by Gasteiger charge is -2.25. The molecule has 2 heterocycles. The van der Waals surface area contributed by atoms with Gasteiger partial charge in [0.1, 0.15) is 0 Å². The van der Waals surface area contributed by atoms with Crippen molar-refractivity contribution >= 4 is 11.8 Å². The maximum absolute atomic E-state index is 5.41. The highest BCUT2D eigenvalue weighted by molar-refractivity contribution is 7.99. The molecule has 13 heavy (non-hydrogen) atoms. The largest absolute Gasteiger partial charge is 0.379 e. The zero-order chi connectivity index (χ0) is 9.15. The van der Waals surface area contributed by atoms with Crippen molar-refractivity contribution in [1.29, 1.82) is 0 Å². The number of nitrogens with one attached hydrogen (secondary N) is 1. The zero-order valence-corrected chi connectivity index (χ0v) is 9.16. The van der Waals surface area contributed by atoms with E-state index in [4.69, 9.17) is 4.74 Å². The minimum absolute atomic E-state index is 0.271. The van der Waals surface area contributed by atoms with Crippen LogP contribution in [0.15, 0.2) is 0 Å². The summed E-state index contributed by atoms with van der Waals surface area (Å²) in [5.74, 6) is 3.62. The van der Waals surface area contributed by atoms with Crippen LogP contribution < -0.4 is 5.32 Å². The van der Waals surface area contributed by atoms with E-state index in [1.807, 2.05) is 0 Å². The predicted octanol–water partition coefficient (Wildman–Crippen LogP) is 1.51. The van der Waals surface area contributed by atoms with E-state index in [2.05, 4.69) is 24.0 Å². The summed E-state index contributed by atoms with van der Waals surface area (Å²) in [6.45, 7) is 5.30. The van der Waals surface area contributed by atoms with E-state index < -0.39 is 0 Å². The van der Waals surface area contributed by atoms with Crippen molar-refractivity contribution in [3.05, 3.63) is 0 Å². The molecule has 0 saturated carbocycles. The topological polar surface area (TPSA) is 21.3 Å². The summed E-state index contributed by atoms with van der Waals surface area (Å²) in [6, 6.07) is 0. The minimum Gasteiger partial charge on any atom is -0.379 e. The standard InChI is InChI=1S/C10H19NOS/c1-10(3-4-12-8-10)11-6-9-2-5-13-7-9/h9,11H,2-8H2,1H3. The molecule has 0 aliphatic carbocycles. The van der Waals surface area contributed by atoms with Gasteiger partial charge in [-0.05, 0) is 43.7 Å². The maximum Gasteiger partial charge on any atom is 0.0646 e. The highest BCUT2D eigenvalue weighted by Gasteiger charge is 2.30. The third-order valence-corrected chi connectivity index (χ3v) is 4.29. The van der Waals surface area contributed by atoms with Gasteiger partial charge < -0.3 is 10.1 Å². The Bertz CT molecular complexity index is 162. The Balaban J connectivity index is 1.71. The van der Waals surface area contributed by atoms with Gasteiger partial charge in [0.25, 0.3) is 0 Å². The molecular formula is C10H19NOS. The smallest absolute Gasteiger partial charge is 0.0646 e. The van der Waals surface area contributed by atoms with E-state index >= 15 is 0 Å². The molecule has 2 aliphatic rings. The van der Waals surface area contributed by atoms with Gasteiger partial charge in [-0.15, -0.1) is 0 Å². The van der Waals surface area contributed by atoms with Crippen LogP contribution in [0.4, 0.5) is 0 Å². The lowest BCUT2D eigenvalue weighted by molar-refractivity contribution is 0.170. The van der Waals surface area contributed by atoms with E-state index in [0.29, 0.717) is 0 Å². The summed E-state index contributed by atoms with van der Waals surface area (Å²) in [6.07, 6.45) is 2.57. The summed E-state index contributed by atoms with van der Waals surface area (Å²) in [5.41, 5.74) is 0.271. The van der Waals surface area contributed by atoms with Crippen molar-refractivity contribution < 1.29 is 4.74 Å². The van der Waals surface area contributed by atoms with Crippen LogP contribution in [0.5, 0.6) is 0 Å². The summed E-state index contributed by atoms with van der Waals surface area (Å²) in [5, 5.41) is 3.66. The normalized spacial score (nSPS) is 39.9. The zero-order valence-electron chi connectivity index (χ0n) is 8.34. The van der Waals surface area contributed by atoms with Crippen LogP contribution in [0.1, 0.15) is 19.8 Å². The number of hydrogen-bond acceptors (Lipinski definition) is 3. The minimum atomic E-state index is 0.271. The molecule has 2 unspecified atom stereocenters. The molecule has 2 atom stereocenters. The van der Waals surface area contributed by atoms with Crippen LogP contribution in [-0.4, -0.2) is 36.8 Å². The Morgan fingerprint density at radius 3 is 3.15 bits per heavy atom. The molecule has 1 N–H and O–H groups in total. The first-order valence-electron chi connectivity index (χ1n) is 5.19. The van der Waals surface area contributed by atoms with Crippen LogP contribution >= 0.6 is 11.8 Å². The molecule has 2 rings (SSSR count). The Morgan fingerprint density at radius 2 is 2.54 bits per heavy atom. The Hall–Kier alpha value is 0.270. The molecule has 2 saturated heterocycles. The molecule has 2 nitrogen and oxygen atoms in total. The molecule has 2 fully saturated rings. The van der Waals surface area contributed by atoms with Gasteiger partial charge in [-0.25, -0.2) is 0 Å². The van der Waals surface area contributed by atoms with Crippen molar-refractivity contribution in [2.45, 2.75) is 25.3 Å². The van der Waals surface area contributed by atoms with Gasteiger partial charge in [-0.3, -0.25) is 0 Å². The highest BCUT2D eigenvalue weighted by Crippen LogP contribution is 2.24. The summed E-state index contributed by atoms with van der Waals surface area (Å²) >= 11 is 2.09. The van der Waals surface area contributed by atoms with E-state index in [0.717, 1.165) is 19.1 Å². The van der Waals surface area contributed by atoms with E-state index in [-0.39, 0.29) is 5.54 Å². The van der Waals surface area contributed by atoms with Gasteiger partial charge in [0.15, 0.2) is 0 Å². The van der Waals surface area contributed by atoms with Gasteiger partial charge in [0.2, 0.25) is 0 Å². The average molecular weight is 201 g/mol. The molecule has 76 valence electrons. The fourth-order valence-electron chi connectivity index (χ4n) is 1.94. The summed E-state index contributed by atoms with van der Waals surface area (Å²) in [7, 11) is 0. The van der Waals surface area contributed by atoms with Crippen molar-refractivity contribution in [2.75, 3.05) is 31.3 Å². The monoisotopic (exact) mass is 201 g/mol. The lowest BCUT2D eigenvalue weighted by Crippen LogP contribution is -2.45. The van der Waals surface area contributed by atoms with E-state index in [1.54, 1.807) is 0 Å². The molecule has 0 radical (unpaired) electrons. The SMILES string of the molecule is CC1(NCC2CCSC2)CCOC1. The first-order chi connectivity index (χ1) is 6.29. The van der Waals surface area contributed by atoms with Gasteiger partial charge in [0, 0.05) is 12.1 Å². The number of thioether (sulfide) groups is 1. The van der Waals surface area contributed by atoms with Crippen molar-refractivity contribution in [3.63, 3.8) is 0 Å². The number of rotatable bonds is 3. The maximum atomic E-state index is 5.41. The third kappa shape index (κ3) is 2.61. The van der Waals surface area contributed by atoms with Crippen LogP contribution in [0.2, 0.25) is 0 Å². The predicted molar refractivity (Wildman–Crippen MR) is 57.3 cm³/mol. The molecule has 0 aromatic carbocycles. The van der Waals surface area contributed by atoms with Gasteiger partial charge in [-0.2, -0.15) is 11.8 Å². The van der Waals surface area contributed by atoms with E-state index in [9.17, 15) is 0 Å². The second-order valence-electron chi connectivity index (χ2n) is 4.47. The molecule has 0 bridgehead atoms. The summed E-state index contributed by atoms with van der Waals surface area (Å²) in [4.78, 5) is 0. The van der Waals surface area contributed by atoms with Crippen LogP contribution in [0.25, 0.3) is 0 Å². The second kappa shape index (κ2) is 4.20. The highest BCUT2D eigenvalue weighted by atomic mass is 32.2. The molecule has 0 spiro atoms. The van der Waals surface area contributed by atoms with Gasteiger partial charge in [-0.1, -0.05) is 0 Å². The molecule has 2 aliphatic heterocycles. The van der Waals surface area contributed by atoms with Gasteiger partial charge in [0.05, 0.1) is 6.61 Å². The first kappa shape index (κ1) is 9.81. The molecular weight excluding hydrogens is 182 g/mol. The van der Waals surface area contributed by atoms with Gasteiger partial charge >= 0.3 is 0 Å². The van der Waals surface area contributed by atoms with E-state index in [1.165, 1.54) is 30.9 Å². The Kier molecular flexibility index (Phi) is 3.17. The Labute approximate surface area is 84.8 Å². The van der Waals surface area contributed by atoms with Crippen molar-refractivity contribution in [1.82, 2.24) is 5.32 Å². The van der Waals surface area contributed by atoms with Crippen molar-refractivity contribution in [3.8, 4) is 0 Å². The third-order valence-electron chi connectivity index (χ3n) is 3.06. The molecule has 0 aromatic rings. The van der Waals surface area contributed by atoms with Crippen LogP contribution in [0, 0.1) is 5.92 Å². The van der Waals surface area contributed by atoms with Crippen LogP contribution in [-0.2, 0) is 4.74 Å².